The smallest absolute Gasteiger partial charge is 0.260 e. The molecule has 1 heterocycles. The summed E-state index contributed by atoms with van der Waals surface area (Å²) in [5.74, 6) is -1.20. The third-order valence-corrected chi connectivity index (χ3v) is 4.15. The predicted molar refractivity (Wildman–Crippen MR) is 80.0 cm³/mol. The molecule has 7 heteroatoms. The van der Waals surface area contributed by atoms with Gasteiger partial charge in [-0.1, -0.05) is 11.6 Å². The average Bonchev–Trinajstić information content (AvgIpc) is 2.46. The second-order valence-electron chi connectivity index (χ2n) is 5.44. The monoisotopic (exact) mass is 328 g/mol. The highest BCUT2D eigenvalue weighted by Crippen LogP contribution is 2.26. The Labute approximate surface area is 133 Å². The second kappa shape index (κ2) is 6.96. The number of hydrogen-bond acceptors (Lipinski definition) is 3. The van der Waals surface area contributed by atoms with E-state index in [2.05, 4.69) is 0 Å². The van der Waals surface area contributed by atoms with E-state index < -0.39 is 11.7 Å². The molecule has 0 radical (unpaired) electrons. The zero-order valence-electron chi connectivity index (χ0n) is 12.2. The van der Waals surface area contributed by atoms with Gasteiger partial charge in [-0.25, -0.2) is 4.39 Å². The largest absolute Gasteiger partial charge is 0.482 e. The molecule has 0 spiro atoms. The highest BCUT2D eigenvalue weighted by atomic mass is 35.5. The molecule has 1 aliphatic heterocycles. The van der Waals surface area contributed by atoms with Gasteiger partial charge in [0.25, 0.3) is 5.91 Å². The fourth-order valence-electron chi connectivity index (χ4n) is 2.50. The summed E-state index contributed by atoms with van der Waals surface area (Å²) in [7, 11) is 0. The molecule has 0 saturated carbocycles. The minimum atomic E-state index is -0.474. The minimum absolute atomic E-state index is 0.0235. The van der Waals surface area contributed by atoms with Crippen molar-refractivity contribution in [2.75, 3.05) is 13.2 Å². The van der Waals surface area contributed by atoms with Crippen LogP contribution >= 0.6 is 11.6 Å². The van der Waals surface area contributed by atoms with Crippen molar-refractivity contribution in [2.24, 2.45) is 11.7 Å². The van der Waals surface area contributed by atoms with Crippen molar-refractivity contribution in [1.29, 1.82) is 0 Å². The number of amides is 2. The van der Waals surface area contributed by atoms with Gasteiger partial charge in [-0.15, -0.1) is 0 Å². The fourth-order valence-corrected chi connectivity index (χ4v) is 2.72. The SMILES string of the molecule is CC1CCC(C(N)=O)CN1C(=O)COc1ccc(F)cc1Cl. The quantitative estimate of drug-likeness (QED) is 0.918. The Bertz CT molecular complexity index is 582. The summed E-state index contributed by atoms with van der Waals surface area (Å²) in [6, 6.07) is 3.72. The first kappa shape index (κ1) is 16.5. The molecule has 1 aromatic rings. The van der Waals surface area contributed by atoms with Crippen molar-refractivity contribution in [2.45, 2.75) is 25.8 Å². The lowest BCUT2D eigenvalue weighted by Crippen LogP contribution is -2.50. The van der Waals surface area contributed by atoms with Crippen LogP contribution in [0.4, 0.5) is 4.39 Å². The summed E-state index contributed by atoms with van der Waals surface area (Å²) in [5, 5.41) is 0.106. The number of carbonyl (C=O) groups is 2. The van der Waals surface area contributed by atoms with E-state index >= 15 is 0 Å². The van der Waals surface area contributed by atoms with Crippen LogP contribution in [0.25, 0.3) is 0 Å². The first-order chi connectivity index (χ1) is 10.4. The fraction of sp³-hybridized carbons (Fsp3) is 0.467. The first-order valence-corrected chi connectivity index (χ1v) is 7.43. The Morgan fingerprint density at radius 2 is 2.18 bits per heavy atom. The second-order valence-corrected chi connectivity index (χ2v) is 5.84. The summed E-state index contributed by atoms with van der Waals surface area (Å²) in [6.07, 6.45) is 1.40. The maximum atomic E-state index is 12.9. The van der Waals surface area contributed by atoms with Crippen LogP contribution in [0.1, 0.15) is 19.8 Å². The average molecular weight is 329 g/mol. The minimum Gasteiger partial charge on any atom is -0.482 e. The molecular formula is C15H18ClFN2O3. The molecule has 120 valence electrons. The molecule has 5 nitrogen and oxygen atoms in total. The zero-order chi connectivity index (χ0) is 16.3. The van der Waals surface area contributed by atoms with Gasteiger partial charge >= 0.3 is 0 Å². The molecule has 0 bridgehead atoms. The van der Waals surface area contributed by atoms with Crippen LogP contribution in [0.15, 0.2) is 18.2 Å². The number of rotatable bonds is 4. The Hall–Kier alpha value is -1.82. The first-order valence-electron chi connectivity index (χ1n) is 7.05. The van der Waals surface area contributed by atoms with E-state index in [1.54, 1.807) is 4.90 Å². The molecule has 1 aliphatic rings. The molecule has 2 unspecified atom stereocenters. The van der Waals surface area contributed by atoms with Crippen molar-refractivity contribution in [1.82, 2.24) is 4.90 Å². The van der Waals surface area contributed by atoms with Gasteiger partial charge in [0.05, 0.1) is 10.9 Å². The van der Waals surface area contributed by atoms with E-state index in [1.807, 2.05) is 6.92 Å². The van der Waals surface area contributed by atoms with Gasteiger partial charge in [0.15, 0.2) is 6.61 Å². The highest BCUT2D eigenvalue weighted by molar-refractivity contribution is 6.32. The molecular weight excluding hydrogens is 311 g/mol. The van der Waals surface area contributed by atoms with E-state index in [0.717, 1.165) is 12.5 Å². The van der Waals surface area contributed by atoms with Crippen molar-refractivity contribution in [3.63, 3.8) is 0 Å². The van der Waals surface area contributed by atoms with Crippen molar-refractivity contribution in [3.8, 4) is 5.75 Å². The Morgan fingerprint density at radius 3 is 2.82 bits per heavy atom. The van der Waals surface area contributed by atoms with E-state index in [9.17, 15) is 14.0 Å². The Balaban J connectivity index is 1.97. The maximum Gasteiger partial charge on any atom is 0.260 e. The molecule has 2 N–H and O–H groups in total. The zero-order valence-corrected chi connectivity index (χ0v) is 13.0. The van der Waals surface area contributed by atoms with E-state index in [0.29, 0.717) is 13.0 Å². The standard InChI is InChI=1S/C15H18ClFN2O3/c1-9-2-3-10(15(18)21)7-19(9)14(20)8-22-13-5-4-11(17)6-12(13)16/h4-6,9-10H,2-3,7-8H2,1H3,(H2,18,21). The molecule has 1 saturated heterocycles. The van der Waals surface area contributed by atoms with E-state index in [4.69, 9.17) is 22.1 Å². The summed E-state index contributed by atoms with van der Waals surface area (Å²) in [4.78, 5) is 25.1. The summed E-state index contributed by atoms with van der Waals surface area (Å²) in [6.45, 7) is 2.00. The molecule has 1 fully saturated rings. The van der Waals surface area contributed by atoms with Crippen LogP contribution in [0, 0.1) is 11.7 Å². The van der Waals surface area contributed by atoms with E-state index in [1.165, 1.54) is 12.1 Å². The number of ether oxygens (including phenoxy) is 1. The maximum absolute atomic E-state index is 12.9. The number of primary amides is 1. The molecule has 0 aromatic heterocycles. The normalized spacial score (nSPS) is 21.5. The van der Waals surface area contributed by atoms with Crippen LogP contribution in [0.3, 0.4) is 0 Å². The summed E-state index contributed by atoms with van der Waals surface area (Å²) >= 11 is 5.84. The van der Waals surface area contributed by atoms with Gasteiger partial charge in [0.2, 0.25) is 5.91 Å². The molecule has 2 atom stereocenters. The van der Waals surface area contributed by atoms with Crippen molar-refractivity contribution < 1.29 is 18.7 Å². The third kappa shape index (κ3) is 3.88. The number of piperidine rings is 1. The van der Waals surface area contributed by atoms with Gasteiger partial charge in [0.1, 0.15) is 11.6 Å². The predicted octanol–water partition coefficient (Wildman–Crippen LogP) is 1.97. The molecule has 0 aliphatic carbocycles. The van der Waals surface area contributed by atoms with Gasteiger partial charge < -0.3 is 15.4 Å². The summed E-state index contributed by atoms with van der Waals surface area (Å²) in [5.41, 5.74) is 5.31. The lowest BCUT2D eigenvalue weighted by molar-refractivity contribution is -0.139. The molecule has 1 aromatic carbocycles. The van der Waals surface area contributed by atoms with Gasteiger partial charge in [-0.3, -0.25) is 9.59 Å². The topological polar surface area (TPSA) is 72.6 Å². The number of halogens is 2. The number of nitrogens with two attached hydrogens (primary N) is 1. The van der Waals surface area contributed by atoms with Crippen LogP contribution in [0.2, 0.25) is 5.02 Å². The Morgan fingerprint density at radius 1 is 1.45 bits per heavy atom. The molecule has 2 amide bonds. The lowest BCUT2D eigenvalue weighted by Gasteiger charge is -2.36. The number of benzene rings is 1. The number of nitrogens with zero attached hydrogens (tertiary/aromatic N) is 1. The van der Waals surface area contributed by atoms with Gasteiger partial charge in [0, 0.05) is 12.6 Å². The number of carbonyl (C=O) groups excluding carboxylic acids is 2. The molecule has 2 rings (SSSR count). The van der Waals surface area contributed by atoms with Crippen molar-refractivity contribution >= 4 is 23.4 Å². The lowest BCUT2D eigenvalue weighted by atomic mass is 9.93. The van der Waals surface area contributed by atoms with Crippen molar-refractivity contribution in [3.05, 3.63) is 29.0 Å². The Kier molecular flexibility index (Phi) is 5.24. The van der Waals surface area contributed by atoms with E-state index in [-0.39, 0.29) is 35.2 Å². The van der Waals surface area contributed by atoms with Crippen LogP contribution in [-0.2, 0) is 9.59 Å². The van der Waals surface area contributed by atoms with Crippen LogP contribution in [0.5, 0.6) is 5.75 Å². The van der Waals surface area contributed by atoms with Gasteiger partial charge in [-0.2, -0.15) is 0 Å². The number of hydrogen-bond donors (Lipinski definition) is 1. The molecule has 22 heavy (non-hydrogen) atoms. The van der Waals surface area contributed by atoms with Gasteiger partial charge in [-0.05, 0) is 38.0 Å². The number of likely N-dealkylation sites (tertiary alicyclic amines) is 1. The van der Waals surface area contributed by atoms with Crippen LogP contribution in [-0.4, -0.2) is 35.9 Å². The highest BCUT2D eigenvalue weighted by Gasteiger charge is 2.31. The third-order valence-electron chi connectivity index (χ3n) is 3.85. The van der Waals surface area contributed by atoms with Crippen LogP contribution < -0.4 is 10.5 Å². The summed E-state index contributed by atoms with van der Waals surface area (Å²) < 4.78 is 18.3.